The lowest BCUT2D eigenvalue weighted by molar-refractivity contribution is -0.384. The summed E-state index contributed by atoms with van der Waals surface area (Å²) in [5.41, 5.74) is 0.610. The minimum atomic E-state index is -3.49. The molecule has 0 fully saturated rings. The van der Waals surface area contributed by atoms with E-state index in [1.165, 1.54) is 12.1 Å². The number of nitrogens with one attached hydrogen (secondary N) is 2. The van der Waals surface area contributed by atoms with E-state index in [2.05, 4.69) is 17.2 Å². The van der Waals surface area contributed by atoms with Gasteiger partial charge in [-0.3, -0.25) is 14.7 Å². The van der Waals surface area contributed by atoms with Crippen molar-refractivity contribution in [3.8, 4) is 0 Å². The molecule has 1 aromatic carbocycles. The quantitative estimate of drug-likeness (QED) is 0.240. The highest BCUT2D eigenvalue weighted by Gasteiger charge is 2.33. The van der Waals surface area contributed by atoms with E-state index in [9.17, 15) is 14.7 Å². The fraction of sp³-hybridized carbons (Fsp3) is 0.412. The van der Waals surface area contributed by atoms with Crippen LogP contribution in [0.1, 0.15) is 20.8 Å². The SMILES string of the molecule is C=CCNC(C)/C(=C/Nc1ccc([N+](=O)[O-])cc1)P(=O)(OCC)OCC. The van der Waals surface area contributed by atoms with Gasteiger partial charge in [0.05, 0.1) is 23.5 Å². The molecule has 1 unspecified atom stereocenters. The fourth-order valence-corrected chi connectivity index (χ4v) is 4.01. The molecule has 0 saturated carbocycles. The van der Waals surface area contributed by atoms with Gasteiger partial charge < -0.3 is 19.7 Å². The summed E-state index contributed by atoms with van der Waals surface area (Å²) in [6.45, 7) is 9.99. The molecule has 0 aliphatic heterocycles. The van der Waals surface area contributed by atoms with Gasteiger partial charge in [-0.1, -0.05) is 6.08 Å². The van der Waals surface area contributed by atoms with Gasteiger partial charge in [-0.25, -0.2) is 0 Å². The van der Waals surface area contributed by atoms with Crippen molar-refractivity contribution in [2.24, 2.45) is 0 Å². The van der Waals surface area contributed by atoms with E-state index < -0.39 is 12.5 Å². The van der Waals surface area contributed by atoms with Crippen molar-refractivity contribution in [3.05, 3.63) is 58.5 Å². The van der Waals surface area contributed by atoms with Crippen LogP contribution in [0, 0.1) is 10.1 Å². The molecule has 0 spiro atoms. The third kappa shape index (κ3) is 6.38. The van der Waals surface area contributed by atoms with Crippen molar-refractivity contribution in [1.82, 2.24) is 5.32 Å². The van der Waals surface area contributed by atoms with Gasteiger partial charge in [0.2, 0.25) is 0 Å². The first kappa shape index (κ1) is 22.1. The Morgan fingerprint density at radius 3 is 2.35 bits per heavy atom. The van der Waals surface area contributed by atoms with E-state index >= 15 is 0 Å². The normalized spacial score (nSPS) is 13.3. The highest BCUT2D eigenvalue weighted by Crippen LogP contribution is 2.57. The molecule has 1 rings (SSSR count). The molecule has 9 heteroatoms. The van der Waals surface area contributed by atoms with E-state index in [1.54, 1.807) is 38.3 Å². The molecule has 0 bridgehead atoms. The van der Waals surface area contributed by atoms with E-state index in [-0.39, 0.29) is 24.9 Å². The summed E-state index contributed by atoms with van der Waals surface area (Å²) in [5.74, 6) is 0. The lowest BCUT2D eigenvalue weighted by Gasteiger charge is -2.25. The van der Waals surface area contributed by atoms with Crippen molar-refractivity contribution in [3.63, 3.8) is 0 Å². The topological polar surface area (TPSA) is 103 Å². The van der Waals surface area contributed by atoms with Crippen molar-refractivity contribution in [2.75, 3.05) is 25.1 Å². The monoisotopic (exact) mass is 383 g/mol. The Hall–Kier alpha value is -1.99. The van der Waals surface area contributed by atoms with Crippen molar-refractivity contribution in [2.45, 2.75) is 26.8 Å². The summed E-state index contributed by atoms with van der Waals surface area (Å²) in [7, 11) is -3.49. The van der Waals surface area contributed by atoms with E-state index in [0.29, 0.717) is 17.5 Å². The summed E-state index contributed by atoms with van der Waals surface area (Å²) >= 11 is 0. The van der Waals surface area contributed by atoms with Gasteiger partial charge in [-0.15, -0.1) is 6.58 Å². The lowest BCUT2D eigenvalue weighted by atomic mass is 10.3. The fourth-order valence-electron chi connectivity index (χ4n) is 2.17. The molecule has 144 valence electrons. The van der Waals surface area contributed by atoms with Crippen LogP contribution in [0.3, 0.4) is 0 Å². The molecule has 0 heterocycles. The molecule has 2 N–H and O–H groups in total. The van der Waals surface area contributed by atoms with Gasteiger partial charge in [0, 0.05) is 36.6 Å². The standard InChI is InChI=1S/C17H26N3O5P/c1-5-12-18-14(4)17(26(23,24-6-2)25-7-3)13-19-15-8-10-16(11-9-15)20(21)22/h5,8-11,13-14,18-19H,1,6-7,12H2,2-4H3/b17-13-. The second kappa shape index (κ2) is 10.9. The number of benzene rings is 1. The molecule has 0 aliphatic rings. The van der Waals surface area contributed by atoms with Crippen LogP contribution in [0.25, 0.3) is 0 Å². The number of nitro benzene ring substituents is 1. The van der Waals surface area contributed by atoms with Gasteiger partial charge in [0.15, 0.2) is 0 Å². The zero-order valence-electron chi connectivity index (χ0n) is 15.3. The summed E-state index contributed by atoms with van der Waals surface area (Å²) < 4.78 is 24.1. The summed E-state index contributed by atoms with van der Waals surface area (Å²) in [5, 5.41) is 17.3. The van der Waals surface area contributed by atoms with Crippen LogP contribution in [0.15, 0.2) is 48.4 Å². The van der Waals surface area contributed by atoms with Crippen LogP contribution in [0.4, 0.5) is 11.4 Å². The zero-order chi connectivity index (χ0) is 19.6. The highest BCUT2D eigenvalue weighted by atomic mass is 31.2. The molecule has 0 aliphatic carbocycles. The number of nitro groups is 1. The van der Waals surface area contributed by atoms with E-state index in [0.717, 1.165) is 0 Å². The Balaban J connectivity index is 3.12. The lowest BCUT2D eigenvalue weighted by Crippen LogP contribution is -2.29. The van der Waals surface area contributed by atoms with Gasteiger partial charge in [0.25, 0.3) is 5.69 Å². The molecular weight excluding hydrogens is 357 g/mol. The van der Waals surface area contributed by atoms with Gasteiger partial charge in [-0.05, 0) is 32.9 Å². The molecule has 0 radical (unpaired) electrons. The first-order chi connectivity index (χ1) is 12.4. The first-order valence-electron chi connectivity index (χ1n) is 8.33. The Labute approximate surface area is 154 Å². The number of hydrogen-bond acceptors (Lipinski definition) is 7. The van der Waals surface area contributed by atoms with Crippen LogP contribution in [0.2, 0.25) is 0 Å². The van der Waals surface area contributed by atoms with Crippen molar-refractivity contribution >= 4 is 19.0 Å². The maximum Gasteiger partial charge on any atom is 0.360 e. The van der Waals surface area contributed by atoms with Crippen molar-refractivity contribution in [1.29, 1.82) is 0 Å². The Kier molecular flexibility index (Phi) is 9.23. The van der Waals surface area contributed by atoms with Crippen LogP contribution in [-0.2, 0) is 13.6 Å². The third-order valence-corrected chi connectivity index (χ3v) is 5.74. The molecule has 8 nitrogen and oxygen atoms in total. The minimum absolute atomic E-state index is 0.00456. The Morgan fingerprint density at radius 2 is 1.88 bits per heavy atom. The second-order valence-electron chi connectivity index (χ2n) is 5.27. The average molecular weight is 383 g/mol. The average Bonchev–Trinajstić information content (AvgIpc) is 2.60. The van der Waals surface area contributed by atoms with Crippen molar-refractivity contribution < 1.29 is 18.5 Å². The van der Waals surface area contributed by atoms with Gasteiger partial charge in [-0.2, -0.15) is 0 Å². The second-order valence-corrected chi connectivity index (χ2v) is 7.30. The summed E-state index contributed by atoms with van der Waals surface area (Å²) in [4.78, 5) is 10.3. The zero-order valence-corrected chi connectivity index (χ0v) is 16.2. The highest BCUT2D eigenvalue weighted by molar-refractivity contribution is 7.58. The minimum Gasteiger partial charge on any atom is -0.361 e. The van der Waals surface area contributed by atoms with Gasteiger partial charge >= 0.3 is 7.60 Å². The number of rotatable bonds is 12. The molecule has 1 aromatic rings. The van der Waals surface area contributed by atoms with Crippen LogP contribution in [0.5, 0.6) is 0 Å². The van der Waals surface area contributed by atoms with E-state index in [4.69, 9.17) is 9.05 Å². The molecule has 26 heavy (non-hydrogen) atoms. The van der Waals surface area contributed by atoms with Gasteiger partial charge in [0.1, 0.15) is 0 Å². The summed E-state index contributed by atoms with van der Waals surface area (Å²) in [6, 6.07) is 5.61. The smallest absolute Gasteiger partial charge is 0.360 e. The molecule has 1 atom stereocenters. The number of nitrogens with zero attached hydrogens (tertiary/aromatic N) is 1. The number of non-ortho nitro benzene ring substituents is 1. The third-order valence-electron chi connectivity index (χ3n) is 3.39. The molecular formula is C17H26N3O5P. The maximum atomic E-state index is 13.2. The molecule has 0 amide bonds. The Bertz CT molecular complexity index is 665. The molecule has 0 saturated heterocycles. The largest absolute Gasteiger partial charge is 0.361 e. The predicted octanol–water partition coefficient (Wildman–Crippen LogP) is 4.28. The number of anilines is 1. The van der Waals surface area contributed by atoms with Crippen LogP contribution >= 0.6 is 7.60 Å². The predicted molar refractivity (Wildman–Crippen MR) is 103 cm³/mol. The van der Waals surface area contributed by atoms with Crippen LogP contribution < -0.4 is 10.6 Å². The maximum absolute atomic E-state index is 13.2. The van der Waals surface area contributed by atoms with Crippen LogP contribution in [-0.4, -0.2) is 30.7 Å². The number of hydrogen-bond donors (Lipinski definition) is 2. The van der Waals surface area contributed by atoms with E-state index in [1.807, 2.05) is 6.92 Å². The summed E-state index contributed by atoms with van der Waals surface area (Å²) in [6.07, 6.45) is 3.26. The molecule has 0 aromatic heterocycles. The Morgan fingerprint density at radius 1 is 1.31 bits per heavy atom. The first-order valence-corrected chi connectivity index (χ1v) is 9.87.